The van der Waals surface area contributed by atoms with Gasteiger partial charge in [-0.25, -0.2) is 9.97 Å². The number of thiophene rings is 1. The van der Waals surface area contributed by atoms with Gasteiger partial charge in [-0.15, -0.1) is 11.3 Å². The Morgan fingerprint density at radius 3 is 3.17 bits per heavy atom. The van der Waals surface area contributed by atoms with Crippen molar-refractivity contribution >= 4 is 33.3 Å². The van der Waals surface area contributed by atoms with Crippen molar-refractivity contribution in [1.29, 1.82) is 0 Å². The number of anilines is 1. The summed E-state index contributed by atoms with van der Waals surface area (Å²) in [6.45, 7) is 4.31. The molecule has 23 heavy (non-hydrogen) atoms. The number of aromatic nitrogens is 2. The average molecular weight is 332 g/mol. The number of methoxy groups -OCH3 is 1. The normalized spacial score (nSPS) is 24.0. The van der Waals surface area contributed by atoms with E-state index in [0.29, 0.717) is 11.8 Å². The first-order valence-corrected chi connectivity index (χ1v) is 8.77. The maximum Gasteiger partial charge on any atom is 0.310 e. The number of carbonyl (C=O) groups excluding carboxylic acids is 1. The van der Waals surface area contributed by atoms with E-state index in [1.54, 1.807) is 17.7 Å². The van der Waals surface area contributed by atoms with Gasteiger partial charge < -0.3 is 15.0 Å². The summed E-state index contributed by atoms with van der Waals surface area (Å²) in [6, 6.07) is 2.05. The van der Waals surface area contributed by atoms with E-state index in [0.717, 1.165) is 47.1 Å². The molecule has 6 nitrogen and oxygen atoms in total. The third kappa shape index (κ3) is 2.68. The van der Waals surface area contributed by atoms with Crippen LogP contribution in [0.4, 0.5) is 5.82 Å². The van der Waals surface area contributed by atoms with Crippen LogP contribution in [0.1, 0.15) is 17.7 Å². The highest BCUT2D eigenvalue weighted by Crippen LogP contribution is 2.40. The fraction of sp³-hybridized carbons (Fsp3) is 0.562. The molecule has 1 atom stereocenters. The van der Waals surface area contributed by atoms with Gasteiger partial charge in [0.2, 0.25) is 0 Å². The van der Waals surface area contributed by atoms with Gasteiger partial charge in [0.05, 0.1) is 18.9 Å². The van der Waals surface area contributed by atoms with Crippen LogP contribution >= 0.6 is 11.3 Å². The zero-order valence-corrected chi connectivity index (χ0v) is 14.0. The lowest BCUT2D eigenvalue weighted by molar-refractivity contribution is -0.139. The summed E-state index contributed by atoms with van der Waals surface area (Å²) >= 11 is 1.55. The number of ether oxygens (including phenoxy) is 1. The van der Waals surface area contributed by atoms with Crippen LogP contribution in [-0.4, -0.2) is 49.2 Å². The zero-order valence-electron chi connectivity index (χ0n) is 13.2. The summed E-state index contributed by atoms with van der Waals surface area (Å²) in [5.41, 5.74) is 0.405. The summed E-state index contributed by atoms with van der Waals surface area (Å²) in [5, 5.41) is 4.54. The van der Waals surface area contributed by atoms with Crippen molar-refractivity contribution in [3.8, 4) is 0 Å². The van der Waals surface area contributed by atoms with Crippen LogP contribution in [0.2, 0.25) is 0 Å². The lowest BCUT2D eigenvalue weighted by Crippen LogP contribution is -2.29. The topological polar surface area (TPSA) is 67.3 Å². The molecule has 7 heteroatoms. The van der Waals surface area contributed by atoms with E-state index in [2.05, 4.69) is 20.2 Å². The molecule has 2 aromatic heterocycles. The molecule has 0 saturated carbocycles. The molecule has 2 saturated heterocycles. The Hall–Kier alpha value is -1.73. The summed E-state index contributed by atoms with van der Waals surface area (Å²) in [5.74, 6) is 0.786. The van der Waals surface area contributed by atoms with Gasteiger partial charge in [0.1, 0.15) is 17.0 Å². The molecular weight excluding hydrogens is 312 g/mol. The van der Waals surface area contributed by atoms with E-state index >= 15 is 0 Å². The van der Waals surface area contributed by atoms with Crippen LogP contribution in [-0.2, 0) is 16.0 Å². The summed E-state index contributed by atoms with van der Waals surface area (Å²) in [7, 11) is 1.42. The molecule has 0 aromatic carbocycles. The standard InChI is InChI=1S/C16H20N4O2S/c1-22-13(21)7-11-6-12-14(18-10-19-15(12)23-11)20-5-3-16(9-20)2-4-17-8-16/h6,10,17H,2-5,7-9H2,1H3. The number of esters is 1. The number of carbonyl (C=O) groups is 1. The van der Waals surface area contributed by atoms with E-state index in [4.69, 9.17) is 4.74 Å². The lowest BCUT2D eigenvalue weighted by atomic mass is 9.87. The number of rotatable bonds is 3. The van der Waals surface area contributed by atoms with Crippen LogP contribution in [0, 0.1) is 5.41 Å². The molecule has 1 N–H and O–H groups in total. The van der Waals surface area contributed by atoms with E-state index in [1.807, 2.05) is 6.07 Å². The second kappa shape index (κ2) is 5.72. The monoisotopic (exact) mass is 332 g/mol. The van der Waals surface area contributed by atoms with Crippen molar-refractivity contribution in [1.82, 2.24) is 15.3 Å². The van der Waals surface area contributed by atoms with Gasteiger partial charge in [0.25, 0.3) is 0 Å². The second-order valence-corrected chi connectivity index (χ2v) is 7.60. The van der Waals surface area contributed by atoms with Gasteiger partial charge in [0, 0.05) is 29.9 Å². The quantitative estimate of drug-likeness (QED) is 0.861. The molecule has 1 unspecified atom stereocenters. The molecule has 2 aliphatic heterocycles. The fourth-order valence-electron chi connectivity index (χ4n) is 3.71. The van der Waals surface area contributed by atoms with Crippen LogP contribution < -0.4 is 10.2 Å². The zero-order chi connectivity index (χ0) is 15.9. The molecule has 4 rings (SSSR count). The molecule has 2 fully saturated rings. The summed E-state index contributed by atoms with van der Waals surface area (Å²) < 4.78 is 4.76. The molecule has 1 spiro atoms. The fourth-order valence-corrected chi connectivity index (χ4v) is 4.68. The van der Waals surface area contributed by atoms with Crippen LogP contribution in [0.25, 0.3) is 10.2 Å². The van der Waals surface area contributed by atoms with Gasteiger partial charge in [-0.2, -0.15) is 0 Å². The molecular formula is C16H20N4O2S. The van der Waals surface area contributed by atoms with E-state index < -0.39 is 0 Å². The number of fused-ring (bicyclic) bond motifs is 1. The first-order chi connectivity index (χ1) is 11.2. The van der Waals surface area contributed by atoms with Crippen LogP contribution in [0.5, 0.6) is 0 Å². The smallest absolute Gasteiger partial charge is 0.310 e. The second-order valence-electron chi connectivity index (χ2n) is 6.48. The number of nitrogens with one attached hydrogen (secondary N) is 1. The number of hydrogen-bond acceptors (Lipinski definition) is 7. The molecule has 2 aromatic rings. The largest absolute Gasteiger partial charge is 0.469 e. The Balaban J connectivity index is 1.63. The molecule has 122 valence electrons. The van der Waals surface area contributed by atoms with Crippen LogP contribution in [0.3, 0.4) is 0 Å². The van der Waals surface area contributed by atoms with E-state index in [1.165, 1.54) is 20.0 Å². The van der Waals surface area contributed by atoms with E-state index in [9.17, 15) is 4.79 Å². The van der Waals surface area contributed by atoms with Gasteiger partial charge in [-0.1, -0.05) is 0 Å². The minimum absolute atomic E-state index is 0.219. The molecule has 0 aliphatic carbocycles. The molecule has 0 bridgehead atoms. The van der Waals surface area contributed by atoms with E-state index in [-0.39, 0.29) is 5.97 Å². The highest BCUT2D eigenvalue weighted by Gasteiger charge is 2.41. The predicted molar refractivity (Wildman–Crippen MR) is 89.9 cm³/mol. The van der Waals surface area contributed by atoms with Crippen molar-refractivity contribution in [3.63, 3.8) is 0 Å². The number of hydrogen-bond donors (Lipinski definition) is 1. The van der Waals surface area contributed by atoms with Gasteiger partial charge >= 0.3 is 5.97 Å². The van der Waals surface area contributed by atoms with Gasteiger partial charge in [-0.05, 0) is 25.5 Å². The third-order valence-electron chi connectivity index (χ3n) is 4.98. The highest BCUT2D eigenvalue weighted by molar-refractivity contribution is 7.18. The summed E-state index contributed by atoms with van der Waals surface area (Å²) in [6.07, 6.45) is 4.39. The Bertz CT molecular complexity index is 739. The molecule has 0 radical (unpaired) electrons. The third-order valence-corrected chi connectivity index (χ3v) is 6.02. The Kier molecular flexibility index (Phi) is 3.69. The average Bonchev–Trinajstić information content (AvgIpc) is 3.27. The Labute approximate surface area is 138 Å². The minimum Gasteiger partial charge on any atom is -0.469 e. The SMILES string of the molecule is COC(=O)Cc1cc2c(N3CCC4(CCNC4)C3)ncnc2s1. The first-order valence-electron chi connectivity index (χ1n) is 7.95. The highest BCUT2D eigenvalue weighted by atomic mass is 32.1. The van der Waals surface area contributed by atoms with Gasteiger partial charge in [-0.3, -0.25) is 4.79 Å². The van der Waals surface area contributed by atoms with Crippen molar-refractivity contribution in [2.24, 2.45) is 5.41 Å². The first kappa shape index (κ1) is 14.8. The van der Waals surface area contributed by atoms with Crippen molar-refractivity contribution < 1.29 is 9.53 Å². The Morgan fingerprint density at radius 1 is 1.48 bits per heavy atom. The molecule has 2 aliphatic rings. The van der Waals surface area contributed by atoms with Crippen molar-refractivity contribution in [2.45, 2.75) is 19.3 Å². The maximum absolute atomic E-state index is 11.5. The van der Waals surface area contributed by atoms with Crippen molar-refractivity contribution in [2.75, 3.05) is 38.2 Å². The van der Waals surface area contributed by atoms with Gasteiger partial charge in [0.15, 0.2) is 0 Å². The van der Waals surface area contributed by atoms with Crippen LogP contribution in [0.15, 0.2) is 12.4 Å². The van der Waals surface area contributed by atoms with Crippen molar-refractivity contribution in [3.05, 3.63) is 17.3 Å². The maximum atomic E-state index is 11.5. The molecule has 0 amide bonds. The lowest BCUT2D eigenvalue weighted by Gasteiger charge is -2.23. The summed E-state index contributed by atoms with van der Waals surface area (Å²) in [4.78, 5) is 24.7. The number of nitrogens with zero attached hydrogens (tertiary/aromatic N) is 3. The Morgan fingerprint density at radius 2 is 2.39 bits per heavy atom. The predicted octanol–water partition coefficient (Wildman–Crippen LogP) is 1.60. The minimum atomic E-state index is -0.219. The molecule has 4 heterocycles.